The Balaban J connectivity index is 1.09. The molecule has 4 aliphatic rings. The topological polar surface area (TPSA) is 109 Å². The SMILES string of the molecule is COc1cc(-c2cc(C(=O)N3CC[C@H](C(=O)NC4CCC5(CCO5)CC4)CC34CC4)n[nH]2)c(F)cn1. The Morgan fingerprint density at radius 2 is 1.97 bits per heavy atom. The van der Waals surface area contributed by atoms with Gasteiger partial charge in [0.1, 0.15) is 0 Å². The second-order valence-electron chi connectivity index (χ2n) is 10.8. The van der Waals surface area contributed by atoms with Gasteiger partial charge in [-0.15, -0.1) is 0 Å². The van der Waals surface area contributed by atoms with Crippen molar-refractivity contribution in [2.24, 2.45) is 5.92 Å². The molecule has 0 aromatic carbocycles. The molecule has 192 valence electrons. The summed E-state index contributed by atoms with van der Waals surface area (Å²) in [5, 5.41) is 10.2. The van der Waals surface area contributed by atoms with E-state index in [2.05, 4.69) is 20.5 Å². The molecule has 2 N–H and O–H groups in total. The maximum absolute atomic E-state index is 14.3. The molecule has 9 nitrogen and oxygen atoms in total. The molecule has 2 aliphatic carbocycles. The molecule has 2 aromatic heterocycles. The lowest BCUT2D eigenvalue weighted by Gasteiger charge is -2.47. The number of carbonyl (C=O) groups excluding carboxylic acids is 2. The number of carbonyl (C=O) groups is 2. The number of likely N-dealkylation sites (tertiary alicyclic amines) is 1. The van der Waals surface area contributed by atoms with Crippen molar-refractivity contribution in [3.63, 3.8) is 0 Å². The van der Waals surface area contributed by atoms with Crippen molar-refractivity contribution in [3.05, 3.63) is 29.8 Å². The van der Waals surface area contributed by atoms with Gasteiger partial charge in [-0.3, -0.25) is 14.7 Å². The Bertz CT molecular complexity index is 1160. The van der Waals surface area contributed by atoms with Crippen LogP contribution >= 0.6 is 0 Å². The lowest BCUT2D eigenvalue weighted by atomic mass is 9.77. The first-order chi connectivity index (χ1) is 17.4. The van der Waals surface area contributed by atoms with Crippen LogP contribution in [-0.4, -0.2) is 69.3 Å². The van der Waals surface area contributed by atoms with Crippen LogP contribution in [0, 0.1) is 11.7 Å². The zero-order valence-electron chi connectivity index (χ0n) is 20.5. The quantitative estimate of drug-likeness (QED) is 0.657. The van der Waals surface area contributed by atoms with Crippen molar-refractivity contribution < 1.29 is 23.5 Å². The normalized spacial score (nSPS) is 28.6. The summed E-state index contributed by atoms with van der Waals surface area (Å²) < 4.78 is 25.2. The van der Waals surface area contributed by atoms with E-state index in [9.17, 15) is 14.0 Å². The molecule has 0 radical (unpaired) electrons. The van der Waals surface area contributed by atoms with Crippen LogP contribution < -0.4 is 10.1 Å². The molecule has 0 unspecified atom stereocenters. The number of hydrogen-bond donors (Lipinski definition) is 2. The predicted octanol–water partition coefficient (Wildman–Crippen LogP) is 3.22. The molecule has 2 aromatic rings. The highest BCUT2D eigenvalue weighted by molar-refractivity contribution is 5.94. The average Bonchev–Trinajstić information content (AvgIpc) is 3.45. The van der Waals surface area contributed by atoms with Crippen molar-refractivity contribution in [3.8, 4) is 17.1 Å². The molecule has 4 fully saturated rings. The van der Waals surface area contributed by atoms with Gasteiger partial charge < -0.3 is 19.7 Å². The Morgan fingerprint density at radius 3 is 2.64 bits per heavy atom. The molecule has 2 spiro atoms. The lowest BCUT2D eigenvalue weighted by Crippen LogP contribution is -2.53. The number of rotatable bonds is 5. The third kappa shape index (κ3) is 4.15. The monoisotopic (exact) mass is 497 g/mol. The fourth-order valence-electron chi connectivity index (χ4n) is 6.19. The lowest BCUT2D eigenvalue weighted by molar-refractivity contribution is -0.168. The maximum Gasteiger partial charge on any atom is 0.274 e. The van der Waals surface area contributed by atoms with Crippen LogP contribution in [0.5, 0.6) is 5.88 Å². The van der Waals surface area contributed by atoms with Gasteiger partial charge in [0.05, 0.1) is 31.2 Å². The molecule has 2 amide bonds. The van der Waals surface area contributed by atoms with Gasteiger partial charge in [-0.25, -0.2) is 9.37 Å². The van der Waals surface area contributed by atoms with Gasteiger partial charge in [-0.2, -0.15) is 5.10 Å². The van der Waals surface area contributed by atoms with E-state index in [1.54, 1.807) is 6.07 Å². The first kappa shape index (κ1) is 23.4. The van der Waals surface area contributed by atoms with Gasteiger partial charge in [-0.1, -0.05) is 0 Å². The number of aromatic amines is 1. The van der Waals surface area contributed by atoms with Gasteiger partial charge in [0.15, 0.2) is 11.5 Å². The van der Waals surface area contributed by atoms with Crippen LogP contribution in [0.2, 0.25) is 0 Å². The van der Waals surface area contributed by atoms with E-state index in [1.165, 1.54) is 13.2 Å². The summed E-state index contributed by atoms with van der Waals surface area (Å²) in [6.45, 7) is 1.38. The van der Waals surface area contributed by atoms with E-state index in [1.807, 2.05) is 4.90 Å². The van der Waals surface area contributed by atoms with Crippen molar-refractivity contribution in [2.75, 3.05) is 20.3 Å². The highest BCUT2D eigenvalue weighted by Gasteiger charge is 2.55. The minimum absolute atomic E-state index is 0.0829. The highest BCUT2D eigenvalue weighted by atomic mass is 19.1. The Kier molecular flexibility index (Phi) is 5.74. The van der Waals surface area contributed by atoms with E-state index >= 15 is 0 Å². The van der Waals surface area contributed by atoms with Gasteiger partial charge in [-0.05, 0) is 63.9 Å². The van der Waals surface area contributed by atoms with Crippen LogP contribution in [0.25, 0.3) is 11.3 Å². The van der Waals surface area contributed by atoms with Crippen molar-refractivity contribution in [1.29, 1.82) is 0 Å². The number of aromatic nitrogens is 3. The van der Waals surface area contributed by atoms with Gasteiger partial charge in [0, 0.05) is 35.7 Å². The van der Waals surface area contributed by atoms with Crippen molar-refractivity contribution >= 4 is 11.8 Å². The van der Waals surface area contributed by atoms with Gasteiger partial charge in [0.25, 0.3) is 5.91 Å². The summed E-state index contributed by atoms with van der Waals surface area (Å²) in [5.41, 5.74) is 0.674. The molecular formula is C26H32FN5O4. The van der Waals surface area contributed by atoms with E-state index < -0.39 is 5.82 Å². The minimum Gasteiger partial charge on any atom is -0.481 e. The van der Waals surface area contributed by atoms with Crippen LogP contribution in [0.1, 0.15) is 68.3 Å². The van der Waals surface area contributed by atoms with Crippen molar-refractivity contribution in [2.45, 2.75) is 75.0 Å². The molecule has 2 saturated carbocycles. The zero-order valence-corrected chi connectivity index (χ0v) is 20.5. The number of pyridine rings is 1. The molecule has 6 rings (SSSR count). The van der Waals surface area contributed by atoms with Crippen molar-refractivity contribution in [1.82, 2.24) is 25.4 Å². The number of nitrogens with one attached hydrogen (secondary N) is 2. The van der Waals surface area contributed by atoms with Gasteiger partial charge in [0.2, 0.25) is 11.8 Å². The van der Waals surface area contributed by atoms with Crippen LogP contribution in [0.15, 0.2) is 18.3 Å². The van der Waals surface area contributed by atoms with E-state index in [0.717, 1.165) is 57.7 Å². The summed E-state index contributed by atoms with van der Waals surface area (Å²) in [5.74, 6) is -0.408. The third-order valence-electron chi connectivity index (χ3n) is 8.68. The second-order valence-corrected chi connectivity index (χ2v) is 10.8. The number of amides is 2. The number of nitrogens with zero attached hydrogens (tertiary/aromatic N) is 3. The molecule has 2 saturated heterocycles. The largest absolute Gasteiger partial charge is 0.481 e. The van der Waals surface area contributed by atoms with E-state index in [4.69, 9.17) is 9.47 Å². The fourth-order valence-corrected chi connectivity index (χ4v) is 6.19. The summed E-state index contributed by atoms with van der Waals surface area (Å²) in [6, 6.07) is 3.25. The predicted molar refractivity (Wildman–Crippen MR) is 128 cm³/mol. The minimum atomic E-state index is -0.530. The van der Waals surface area contributed by atoms with Crippen LogP contribution in [-0.2, 0) is 9.53 Å². The Labute approximate surface area is 209 Å². The molecular weight excluding hydrogens is 465 g/mol. The smallest absolute Gasteiger partial charge is 0.274 e. The molecule has 2 aliphatic heterocycles. The van der Waals surface area contributed by atoms with Crippen LogP contribution in [0.3, 0.4) is 0 Å². The fraction of sp³-hybridized carbons (Fsp3) is 0.615. The van der Waals surface area contributed by atoms with Crippen LogP contribution in [0.4, 0.5) is 4.39 Å². The number of piperidine rings is 1. The molecule has 10 heteroatoms. The average molecular weight is 498 g/mol. The number of ether oxygens (including phenoxy) is 2. The van der Waals surface area contributed by atoms with E-state index in [-0.39, 0.29) is 52.1 Å². The number of H-pyrrole nitrogens is 1. The van der Waals surface area contributed by atoms with E-state index in [0.29, 0.717) is 25.1 Å². The third-order valence-corrected chi connectivity index (χ3v) is 8.68. The summed E-state index contributed by atoms with van der Waals surface area (Å²) >= 11 is 0. The molecule has 1 atom stereocenters. The molecule has 4 heterocycles. The highest BCUT2D eigenvalue weighted by Crippen LogP contribution is 2.50. The Hall–Kier alpha value is -3.01. The second kappa shape index (κ2) is 8.83. The summed E-state index contributed by atoms with van der Waals surface area (Å²) in [4.78, 5) is 32.2. The maximum atomic E-state index is 14.3. The number of methoxy groups -OCH3 is 1. The first-order valence-electron chi connectivity index (χ1n) is 12.9. The first-order valence-corrected chi connectivity index (χ1v) is 12.9. The number of hydrogen-bond acceptors (Lipinski definition) is 6. The molecule has 36 heavy (non-hydrogen) atoms. The summed E-state index contributed by atoms with van der Waals surface area (Å²) in [6.07, 6.45) is 9.30. The van der Waals surface area contributed by atoms with Gasteiger partial charge >= 0.3 is 0 Å². The zero-order chi connectivity index (χ0) is 24.9. The standard InChI is InChI=1S/C26H32FN5O4/c1-35-22-12-18(19(27)15-28-22)20-13-21(31-30-20)24(34)32-10-4-16(14-25(32)7-8-25)23(33)29-17-2-5-26(6-3-17)9-11-36-26/h12-13,15-17H,2-11,14H2,1H3,(H,29,33)(H,30,31)/t16-,17?,26?/m0/s1. The Morgan fingerprint density at radius 1 is 1.19 bits per heavy atom. The summed E-state index contributed by atoms with van der Waals surface area (Å²) in [7, 11) is 1.46. The number of halogens is 1. The molecule has 0 bridgehead atoms.